The van der Waals surface area contributed by atoms with E-state index in [9.17, 15) is 4.79 Å². The zero-order valence-electron chi connectivity index (χ0n) is 14.4. The number of amides is 1. The Labute approximate surface area is 134 Å². The molecule has 128 valence electrons. The van der Waals surface area contributed by atoms with Gasteiger partial charge >= 0.3 is 6.09 Å². The van der Waals surface area contributed by atoms with Gasteiger partial charge in [0.2, 0.25) is 0 Å². The fourth-order valence-corrected chi connectivity index (χ4v) is 3.48. The van der Waals surface area contributed by atoms with E-state index in [0.717, 1.165) is 45.2 Å². The average Bonchev–Trinajstić information content (AvgIpc) is 2.62. The summed E-state index contributed by atoms with van der Waals surface area (Å²) >= 11 is 0. The molecule has 3 unspecified atom stereocenters. The predicted molar refractivity (Wildman–Crippen MR) is 88.8 cm³/mol. The van der Waals surface area contributed by atoms with Gasteiger partial charge in [0.25, 0.3) is 0 Å². The fraction of sp³-hybridized carbons (Fsp3) is 0.941. The van der Waals surface area contributed by atoms with Crippen LogP contribution in [-0.2, 0) is 4.74 Å². The van der Waals surface area contributed by atoms with E-state index >= 15 is 0 Å². The van der Waals surface area contributed by atoms with E-state index in [0.29, 0.717) is 18.1 Å². The standard InChI is InChI=1S/C17H33N3O2/c1-17(2,3)22-16(21)20-10-5-8-14(9-11-20)19-15-7-4-6-13(18)12-15/h13-15,19H,4-12,18H2,1-3H3. The topological polar surface area (TPSA) is 67.6 Å². The molecule has 1 heterocycles. The Morgan fingerprint density at radius 1 is 1.09 bits per heavy atom. The highest BCUT2D eigenvalue weighted by molar-refractivity contribution is 5.68. The summed E-state index contributed by atoms with van der Waals surface area (Å²) in [5.74, 6) is 0. The Morgan fingerprint density at radius 3 is 2.50 bits per heavy atom. The van der Waals surface area contributed by atoms with Gasteiger partial charge in [0.05, 0.1) is 0 Å². The number of likely N-dealkylation sites (tertiary alicyclic amines) is 1. The van der Waals surface area contributed by atoms with Crippen LogP contribution >= 0.6 is 0 Å². The predicted octanol–water partition coefficient (Wildman–Crippen LogP) is 2.64. The van der Waals surface area contributed by atoms with E-state index in [1.54, 1.807) is 0 Å². The lowest BCUT2D eigenvalue weighted by Crippen LogP contribution is -2.44. The largest absolute Gasteiger partial charge is 0.444 e. The van der Waals surface area contributed by atoms with Crippen LogP contribution in [0.4, 0.5) is 4.79 Å². The summed E-state index contributed by atoms with van der Waals surface area (Å²) in [6, 6.07) is 1.42. The zero-order valence-corrected chi connectivity index (χ0v) is 14.4. The SMILES string of the molecule is CC(C)(C)OC(=O)N1CCCC(NC2CCCC(N)C2)CC1. The van der Waals surface area contributed by atoms with Crippen LogP contribution in [0.25, 0.3) is 0 Å². The fourth-order valence-electron chi connectivity index (χ4n) is 3.48. The first-order valence-electron chi connectivity index (χ1n) is 8.83. The molecule has 1 aliphatic heterocycles. The number of rotatable bonds is 2. The Balaban J connectivity index is 1.78. The molecular weight excluding hydrogens is 278 g/mol. The molecule has 3 atom stereocenters. The number of carbonyl (C=O) groups excluding carboxylic acids is 1. The summed E-state index contributed by atoms with van der Waals surface area (Å²) in [6.07, 6.45) is 7.72. The maximum Gasteiger partial charge on any atom is 0.410 e. The quantitative estimate of drug-likeness (QED) is 0.822. The van der Waals surface area contributed by atoms with Crippen molar-refractivity contribution in [2.45, 2.75) is 89.4 Å². The molecule has 0 aromatic rings. The minimum atomic E-state index is -0.417. The van der Waals surface area contributed by atoms with E-state index in [1.807, 2.05) is 25.7 Å². The summed E-state index contributed by atoms with van der Waals surface area (Å²) in [5.41, 5.74) is 5.65. The van der Waals surface area contributed by atoms with Gasteiger partial charge in [-0.15, -0.1) is 0 Å². The Morgan fingerprint density at radius 2 is 1.82 bits per heavy atom. The van der Waals surface area contributed by atoms with Gasteiger partial charge in [-0.05, 0) is 59.3 Å². The van der Waals surface area contributed by atoms with Crippen molar-refractivity contribution in [3.63, 3.8) is 0 Å². The molecule has 0 aromatic carbocycles. The first-order valence-corrected chi connectivity index (χ1v) is 8.83. The molecule has 1 amide bonds. The van der Waals surface area contributed by atoms with Crippen molar-refractivity contribution in [1.82, 2.24) is 10.2 Å². The van der Waals surface area contributed by atoms with Crippen molar-refractivity contribution in [1.29, 1.82) is 0 Å². The molecule has 0 aromatic heterocycles. The maximum atomic E-state index is 12.2. The van der Waals surface area contributed by atoms with Crippen molar-refractivity contribution in [3.05, 3.63) is 0 Å². The van der Waals surface area contributed by atoms with Crippen LogP contribution in [0.1, 0.15) is 65.7 Å². The van der Waals surface area contributed by atoms with Crippen LogP contribution in [0, 0.1) is 0 Å². The summed E-state index contributed by atoms with van der Waals surface area (Å²) in [4.78, 5) is 14.0. The number of nitrogens with one attached hydrogen (secondary N) is 1. The molecule has 1 saturated heterocycles. The highest BCUT2D eigenvalue weighted by Gasteiger charge is 2.27. The molecule has 5 nitrogen and oxygen atoms in total. The average molecular weight is 311 g/mol. The van der Waals surface area contributed by atoms with Gasteiger partial charge in [0, 0.05) is 31.2 Å². The lowest BCUT2D eigenvalue weighted by molar-refractivity contribution is 0.0256. The third kappa shape index (κ3) is 5.76. The molecule has 0 spiro atoms. The summed E-state index contributed by atoms with van der Waals surface area (Å²) < 4.78 is 5.48. The van der Waals surface area contributed by atoms with Crippen LogP contribution in [-0.4, -0.2) is 47.8 Å². The third-order valence-corrected chi connectivity index (χ3v) is 4.57. The summed E-state index contributed by atoms with van der Waals surface area (Å²) in [6.45, 7) is 7.33. The van der Waals surface area contributed by atoms with Gasteiger partial charge in [-0.25, -0.2) is 4.79 Å². The second-order valence-electron chi connectivity index (χ2n) is 7.89. The Bertz CT molecular complexity index is 367. The van der Waals surface area contributed by atoms with Crippen molar-refractivity contribution in [2.24, 2.45) is 5.73 Å². The first-order chi connectivity index (χ1) is 10.3. The molecule has 2 aliphatic rings. The second-order valence-corrected chi connectivity index (χ2v) is 7.89. The highest BCUT2D eigenvalue weighted by atomic mass is 16.6. The molecule has 2 rings (SSSR count). The minimum Gasteiger partial charge on any atom is -0.444 e. The van der Waals surface area contributed by atoms with Crippen molar-refractivity contribution >= 4 is 6.09 Å². The lowest BCUT2D eigenvalue weighted by atomic mass is 9.90. The number of nitrogens with two attached hydrogens (primary N) is 1. The lowest BCUT2D eigenvalue weighted by Gasteiger charge is -2.31. The number of carbonyl (C=O) groups is 1. The van der Waals surface area contributed by atoms with E-state index in [4.69, 9.17) is 10.5 Å². The minimum absolute atomic E-state index is 0.173. The second kappa shape index (κ2) is 7.64. The highest BCUT2D eigenvalue weighted by Crippen LogP contribution is 2.20. The van der Waals surface area contributed by atoms with Crippen LogP contribution in [0.2, 0.25) is 0 Å². The van der Waals surface area contributed by atoms with E-state index < -0.39 is 5.60 Å². The van der Waals surface area contributed by atoms with Crippen molar-refractivity contribution in [3.8, 4) is 0 Å². The van der Waals surface area contributed by atoms with E-state index in [2.05, 4.69) is 5.32 Å². The van der Waals surface area contributed by atoms with Gasteiger partial charge in [-0.1, -0.05) is 6.42 Å². The van der Waals surface area contributed by atoms with E-state index in [1.165, 1.54) is 12.8 Å². The van der Waals surface area contributed by atoms with Crippen LogP contribution in [0.3, 0.4) is 0 Å². The molecule has 1 saturated carbocycles. The number of ether oxygens (including phenoxy) is 1. The molecule has 0 bridgehead atoms. The zero-order chi connectivity index (χ0) is 16.2. The number of hydrogen-bond donors (Lipinski definition) is 2. The molecule has 3 N–H and O–H groups in total. The molecular formula is C17H33N3O2. The monoisotopic (exact) mass is 311 g/mol. The van der Waals surface area contributed by atoms with E-state index in [-0.39, 0.29) is 6.09 Å². The van der Waals surface area contributed by atoms with Crippen LogP contribution in [0.15, 0.2) is 0 Å². The summed E-state index contributed by atoms with van der Waals surface area (Å²) in [7, 11) is 0. The molecule has 22 heavy (non-hydrogen) atoms. The van der Waals surface area contributed by atoms with Crippen molar-refractivity contribution < 1.29 is 9.53 Å². The Kier molecular flexibility index (Phi) is 6.09. The number of nitrogens with zero attached hydrogens (tertiary/aromatic N) is 1. The Hall–Kier alpha value is -0.810. The molecule has 1 aliphatic carbocycles. The van der Waals surface area contributed by atoms with Gasteiger partial charge in [0.1, 0.15) is 5.60 Å². The van der Waals surface area contributed by atoms with Crippen LogP contribution in [0.5, 0.6) is 0 Å². The van der Waals surface area contributed by atoms with Gasteiger partial charge < -0.3 is 20.7 Å². The normalized spacial score (nSPS) is 30.7. The molecule has 5 heteroatoms. The first kappa shape index (κ1) is 17.5. The molecule has 2 fully saturated rings. The molecule has 0 radical (unpaired) electrons. The van der Waals surface area contributed by atoms with Crippen LogP contribution < -0.4 is 11.1 Å². The van der Waals surface area contributed by atoms with Gasteiger partial charge in [-0.2, -0.15) is 0 Å². The van der Waals surface area contributed by atoms with Gasteiger partial charge in [0.15, 0.2) is 0 Å². The summed E-state index contributed by atoms with van der Waals surface area (Å²) in [5, 5.41) is 3.78. The third-order valence-electron chi connectivity index (χ3n) is 4.57. The smallest absolute Gasteiger partial charge is 0.410 e. The van der Waals surface area contributed by atoms with Crippen molar-refractivity contribution in [2.75, 3.05) is 13.1 Å². The maximum absolute atomic E-state index is 12.2. The number of hydrogen-bond acceptors (Lipinski definition) is 4. The van der Waals surface area contributed by atoms with Gasteiger partial charge in [-0.3, -0.25) is 0 Å².